The Kier molecular flexibility index (Phi) is 5.24. The summed E-state index contributed by atoms with van der Waals surface area (Å²) in [5.74, 6) is 2.38. The molecule has 1 nitrogen and oxygen atoms in total. The highest BCUT2D eigenvalue weighted by Gasteiger charge is 2.76. The second-order valence-electron chi connectivity index (χ2n) is 11.4. The van der Waals surface area contributed by atoms with Crippen molar-refractivity contribution in [1.82, 2.24) is 0 Å². The lowest BCUT2D eigenvalue weighted by Gasteiger charge is -2.48. The van der Waals surface area contributed by atoms with E-state index in [1.807, 2.05) is 0 Å². The van der Waals surface area contributed by atoms with Gasteiger partial charge in [0.2, 0.25) is 5.69 Å². The molecule has 2 aliphatic carbocycles. The molecule has 5 atom stereocenters. The monoisotopic (exact) mass is 450 g/mol. The van der Waals surface area contributed by atoms with E-state index < -0.39 is 0 Å². The van der Waals surface area contributed by atoms with Crippen LogP contribution < -0.4 is 4.57 Å². The molecule has 5 unspecified atom stereocenters. The van der Waals surface area contributed by atoms with Gasteiger partial charge in [-0.3, -0.25) is 0 Å². The van der Waals surface area contributed by atoms with Crippen LogP contribution in [0.25, 0.3) is 22.4 Å². The summed E-state index contributed by atoms with van der Waals surface area (Å²) >= 11 is 0. The van der Waals surface area contributed by atoms with Crippen LogP contribution in [0.4, 0.5) is 0 Å². The molecule has 176 valence electrons. The largest absolute Gasteiger partial charge is 0.213 e. The fourth-order valence-electron chi connectivity index (χ4n) is 8.36. The van der Waals surface area contributed by atoms with Gasteiger partial charge in [-0.2, -0.15) is 4.57 Å². The van der Waals surface area contributed by atoms with Crippen LogP contribution in [0.15, 0.2) is 66.9 Å². The Bertz CT molecular complexity index is 1220. The summed E-state index contributed by atoms with van der Waals surface area (Å²) in [7, 11) is 0. The van der Waals surface area contributed by atoms with Gasteiger partial charge in [0, 0.05) is 25.0 Å². The van der Waals surface area contributed by atoms with Crippen LogP contribution in [0.2, 0.25) is 0 Å². The van der Waals surface area contributed by atoms with Crippen molar-refractivity contribution in [2.45, 2.75) is 89.5 Å². The maximum Gasteiger partial charge on any atom is 0.213 e. The predicted molar refractivity (Wildman–Crippen MR) is 142 cm³/mol. The molecule has 1 aliphatic heterocycles. The first-order valence-corrected chi connectivity index (χ1v) is 13.9. The van der Waals surface area contributed by atoms with E-state index in [-0.39, 0.29) is 11.0 Å². The third kappa shape index (κ3) is 2.88. The fraction of sp³-hybridized carbons (Fsp3) is 0.485. The average Bonchev–Trinajstić information content (AvgIpc) is 3.59. The second kappa shape index (κ2) is 8.08. The number of hydrogen-bond donors (Lipinski definition) is 0. The van der Waals surface area contributed by atoms with Gasteiger partial charge < -0.3 is 0 Å². The Morgan fingerprint density at radius 2 is 1.79 bits per heavy atom. The zero-order valence-corrected chi connectivity index (χ0v) is 21.5. The summed E-state index contributed by atoms with van der Waals surface area (Å²) in [6.07, 6.45) is 11.5. The lowest BCUT2D eigenvalue weighted by atomic mass is 9.57. The molecule has 0 amide bonds. The first-order valence-electron chi connectivity index (χ1n) is 13.9. The molecule has 3 aliphatic rings. The summed E-state index contributed by atoms with van der Waals surface area (Å²) in [6, 6.07) is 23.7. The summed E-state index contributed by atoms with van der Waals surface area (Å²) in [6.45, 7) is 9.50. The third-order valence-electron chi connectivity index (χ3n) is 9.82. The summed E-state index contributed by atoms with van der Waals surface area (Å²) in [5.41, 5.74) is 9.25. The van der Waals surface area contributed by atoms with Crippen LogP contribution in [0.3, 0.4) is 0 Å². The van der Waals surface area contributed by atoms with Gasteiger partial charge in [-0.25, -0.2) is 0 Å². The van der Waals surface area contributed by atoms with Crippen LogP contribution in [0, 0.1) is 11.8 Å². The minimum atomic E-state index is 0.233. The predicted octanol–water partition coefficient (Wildman–Crippen LogP) is 8.41. The maximum atomic E-state index is 2.72. The number of pyridine rings is 1. The highest BCUT2D eigenvalue weighted by atomic mass is 15.1. The van der Waals surface area contributed by atoms with Gasteiger partial charge >= 0.3 is 0 Å². The topological polar surface area (TPSA) is 3.88 Å². The summed E-state index contributed by atoms with van der Waals surface area (Å²) < 4.78 is 2.72. The van der Waals surface area contributed by atoms with Crippen LogP contribution in [-0.2, 0) is 11.0 Å². The van der Waals surface area contributed by atoms with Crippen molar-refractivity contribution in [3.63, 3.8) is 0 Å². The molecular formula is C33H40N+. The lowest BCUT2D eigenvalue weighted by molar-refractivity contribution is -0.768. The van der Waals surface area contributed by atoms with Crippen molar-refractivity contribution < 1.29 is 4.57 Å². The number of aromatic nitrogens is 1. The van der Waals surface area contributed by atoms with E-state index in [9.17, 15) is 0 Å². The van der Waals surface area contributed by atoms with Crippen molar-refractivity contribution in [2.24, 2.45) is 11.8 Å². The van der Waals surface area contributed by atoms with Gasteiger partial charge in [-0.1, -0.05) is 76.9 Å². The Morgan fingerprint density at radius 3 is 2.59 bits per heavy atom. The molecule has 2 fully saturated rings. The third-order valence-corrected chi connectivity index (χ3v) is 9.82. The Hall–Kier alpha value is -2.41. The molecule has 1 heteroatoms. The molecule has 3 aromatic rings. The molecule has 0 spiro atoms. The van der Waals surface area contributed by atoms with Gasteiger partial charge in [-0.15, -0.1) is 0 Å². The molecule has 0 bridgehead atoms. The van der Waals surface area contributed by atoms with Crippen molar-refractivity contribution in [3.05, 3.63) is 78.0 Å². The maximum absolute atomic E-state index is 2.72. The van der Waals surface area contributed by atoms with E-state index >= 15 is 0 Å². The molecule has 2 saturated carbocycles. The Morgan fingerprint density at radius 1 is 0.941 bits per heavy atom. The number of benzene rings is 2. The zero-order chi connectivity index (χ0) is 23.5. The lowest BCUT2D eigenvalue weighted by Crippen LogP contribution is -2.69. The standard InChI is InChI=1S/C33H40N/c1-5-11-23(4)24-12-10-13-25(19-24)26-15-16-29-28(20-26)31-14-8-9-18-34(31)32(7-3)22-27-21-30(27)33(29,32)17-6-2/h8-10,12-16,18-20,23,27,30H,5-7,11,17,21-22H2,1-4H3/q+1. The molecule has 0 N–H and O–H groups in total. The van der Waals surface area contributed by atoms with E-state index in [1.165, 1.54) is 72.9 Å². The van der Waals surface area contributed by atoms with Gasteiger partial charge in [-0.05, 0) is 71.4 Å². The second-order valence-corrected chi connectivity index (χ2v) is 11.4. The molecule has 0 radical (unpaired) electrons. The highest BCUT2D eigenvalue weighted by Crippen LogP contribution is 2.72. The number of hydrogen-bond acceptors (Lipinski definition) is 0. The molecule has 1 aromatic heterocycles. The van der Waals surface area contributed by atoms with E-state index in [2.05, 4.69) is 99.1 Å². The van der Waals surface area contributed by atoms with E-state index in [4.69, 9.17) is 0 Å². The minimum Gasteiger partial charge on any atom is -0.192 e. The van der Waals surface area contributed by atoms with Crippen molar-refractivity contribution >= 4 is 0 Å². The van der Waals surface area contributed by atoms with E-state index in [0.29, 0.717) is 5.92 Å². The molecule has 0 saturated heterocycles. The van der Waals surface area contributed by atoms with Gasteiger partial charge in [0.25, 0.3) is 0 Å². The van der Waals surface area contributed by atoms with Crippen LogP contribution in [0.1, 0.15) is 89.7 Å². The van der Waals surface area contributed by atoms with Gasteiger partial charge in [0.1, 0.15) is 0 Å². The molecule has 2 aromatic carbocycles. The SMILES string of the molecule is CCCC(C)c1cccc(-c2ccc3c(c2)-c2cccc[n+]2C2(CC)CC4CC4C32CCC)c1. The zero-order valence-electron chi connectivity index (χ0n) is 21.5. The number of rotatable bonds is 7. The molecular weight excluding hydrogens is 410 g/mol. The first kappa shape index (κ1) is 22.1. The van der Waals surface area contributed by atoms with Gasteiger partial charge in [0.15, 0.2) is 11.7 Å². The van der Waals surface area contributed by atoms with Crippen molar-refractivity contribution in [1.29, 1.82) is 0 Å². The first-order chi connectivity index (χ1) is 16.6. The fourth-order valence-corrected chi connectivity index (χ4v) is 8.36. The minimum absolute atomic E-state index is 0.233. The number of nitrogens with zero attached hydrogens (tertiary/aromatic N) is 1. The Labute approximate surface area is 206 Å². The number of fused-ring (bicyclic) bond motifs is 8. The van der Waals surface area contributed by atoms with Crippen molar-refractivity contribution in [2.75, 3.05) is 0 Å². The average molecular weight is 451 g/mol. The van der Waals surface area contributed by atoms with Crippen LogP contribution >= 0.6 is 0 Å². The normalized spacial score (nSPS) is 29.1. The Balaban J connectivity index is 1.54. The molecule has 6 rings (SSSR count). The van der Waals surface area contributed by atoms with Crippen LogP contribution in [-0.4, -0.2) is 0 Å². The highest BCUT2D eigenvalue weighted by molar-refractivity contribution is 5.76. The molecule has 2 heterocycles. The van der Waals surface area contributed by atoms with Crippen LogP contribution in [0.5, 0.6) is 0 Å². The quantitative estimate of drug-likeness (QED) is 0.318. The smallest absolute Gasteiger partial charge is 0.192 e. The summed E-state index contributed by atoms with van der Waals surface area (Å²) in [4.78, 5) is 0. The van der Waals surface area contributed by atoms with E-state index in [0.717, 1.165) is 11.8 Å². The van der Waals surface area contributed by atoms with Crippen molar-refractivity contribution in [3.8, 4) is 22.4 Å². The van der Waals surface area contributed by atoms with Gasteiger partial charge in [0.05, 0.1) is 11.0 Å². The summed E-state index contributed by atoms with van der Waals surface area (Å²) in [5, 5.41) is 0. The molecule has 34 heavy (non-hydrogen) atoms. The van der Waals surface area contributed by atoms with E-state index in [1.54, 1.807) is 5.56 Å².